The van der Waals surface area contributed by atoms with Crippen LogP contribution in [0, 0.1) is 20.2 Å². The van der Waals surface area contributed by atoms with E-state index in [0.717, 1.165) is 36.7 Å². The number of aromatic nitrogens is 2. The van der Waals surface area contributed by atoms with Crippen molar-refractivity contribution in [1.82, 2.24) is 9.97 Å². The van der Waals surface area contributed by atoms with Crippen LogP contribution in [0.2, 0.25) is 10.0 Å². The first kappa shape index (κ1) is 45.2. The van der Waals surface area contributed by atoms with Crippen LogP contribution in [-0.4, -0.2) is 48.7 Å². The van der Waals surface area contributed by atoms with Crippen LogP contribution in [0.3, 0.4) is 0 Å². The average Bonchev–Trinajstić information content (AvgIpc) is 3.22. The lowest BCUT2D eigenvalue weighted by Crippen LogP contribution is -2.21. The van der Waals surface area contributed by atoms with E-state index in [9.17, 15) is 46.7 Å². The van der Waals surface area contributed by atoms with Gasteiger partial charge in [-0.2, -0.15) is 0 Å². The highest BCUT2D eigenvalue weighted by Crippen LogP contribution is 2.33. The minimum Gasteiger partial charge on any atom is -0.307 e. The molecule has 0 aliphatic carbocycles. The molecule has 2 heterocycles. The number of carbonyl (C=O) groups excluding carboxylic acids is 2. The Bertz CT molecular complexity index is 2850. The van der Waals surface area contributed by atoms with Gasteiger partial charge in [-0.25, -0.2) is 26.4 Å². The fraction of sp³-hybridized carbons (Fsp3) is 0. The Kier molecular flexibility index (Phi) is 14.7. The molecule has 20 nitrogen and oxygen atoms in total. The van der Waals surface area contributed by atoms with Crippen molar-refractivity contribution >= 4 is 117 Å². The molecule has 0 aliphatic rings. The molecule has 0 aliphatic heterocycles. The Labute approximate surface area is 364 Å². The molecule has 4 aromatic carbocycles. The minimum absolute atomic E-state index is 0.0256. The minimum atomic E-state index is -4.13. The summed E-state index contributed by atoms with van der Waals surface area (Å²) < 4.78 is 55.5. The Morgan fingerprint density at radius 3 is 1.44 bits per heavy atom. The number of halogens is 3. The lowest BCUT2D eigenvalue weighted by molar-refractivity contribution is -0.385. The monoisotopic (exact) mass is 972 g/mol. The summed E-state index contributed by atoms with van der Waals surface area (Å²) in [6.07, 6.45) is 5.04. The van der Waals surface area contributed by atoms with E-state index in [0.29, 0.717) is 10.2 Å². The van der Waals surface area contributed by atoms with Crippen molar-refractivity contribution in [3.63, 3.8) is 0 Å². The summed E-state index contributed by atoms with van der Waals surface area (Å²) in [6.45, 7) is 0. The van der Waals surface area contributed by atoms with E-state index in [1.807, 2.05) is 0 Å². The number of nitro groups is 2. The predicted molar refractivity (Wildman–Crippen MR) is 232 cm³/mol. The van der Waals surface area contributed by atoms with Crippen LogP contribution in [0.4, 0.5) is 55.1 Å². The zero-order valence-corrected chi connectivity index (χ0v) is 35.2. The van der Waals surface area contributed by atoms with E-state index in [4.69, 9.17) is 23.2 Å². The van der Waals surface area contributed by atoms with Gasteiger partial charge in [0.2, 0.25) is 0 Å². The first-order valence-electron chi connectivity index (χ1n) is 16.7. The van der Waals surface area contributed by atoms with Crippen molar-refractivity contribution in [2.24, 2.45) is 0 Å². The summed E-state index contributed by atoms with van der Waals surface area (Å²) in [5, 5.41) is 32.6. The largest absolute Gasteiger partial charge is 0.323 e. The third kappa shape index (κ3) is 12.3. The summed E-state index contributed by atoms with van der Waals surface area (Å²) in [4.78, 5) is 52.8. The quantitative estimate of drug-likeness (QED) is 0.0495. The first-order chi connectivity index (χ1) is 28.9. The van der Waals surface area contributed by atoms with Crippen LogP contribution in [-0.2, 0) is 20.0 Å². The number of nitrogens with zero attached hydrogens (tertiary/aromatic N) is 4. The molecule has 314 valence electrons. The average molecular weight is 975 g/mol. The molecule has 6 aromatic rings. The van der Waals surface area contributed by atoms with E-state index in [-0.39, 0.29) is 59.6 Å². The van der Waals surface area contributed by atoms with Crippen LogP contribution >= 0.6 is 39.1 Å². The van der Waals surface area contributed by atoms with Gasteiger partial charge in [0.05, 0.1) is 54.0 Å². The Hall–Kier alpha value is -6.92. The van der Waals surface area contributed by atoms with Crippen molar-refractivity contribution in [3.05, 3.63) is 163 Å². The van der Waals surface area contributed by atoms with Gasteiger partial charge in [0, 0.05) is 53.5 Å². The second-order valence-electron chi connectivity index (χ2n) is 11.8. The number of urea groups is 2. The summed E-state index contributed by atoms with van der Waals surface area (Å²) in [5.74, 6) is 0. The molecule has 0 saturated heterocycles. The molecule has 0 bridgehead atoms. The van der Waals surface area contributed by atoms with Crippen molar-refractivity contribution in [2.45, 2.75) is 9.79 Å². The number of anilines is 6. The number of rotatable bonds is 12. The maximum atomic E-state index is 12.6. The second-order valence-corrected chi connectivity index (χ2v) is 16.8. The van der Waals surface area contributed by atoms with Gasteiger partial charge >= 0.3 is 12.1 Å². The molecule has 0 radical (unpaired) electrons. The highest BCUT2D eigenvalue weighted by molar-refractivity contribution is 9.10. The normalized spacial score (nSPS) is 10.9. The van der Waals surface area contributed by atoms with Gasteiger partial charge in [-0.3, -0.25) is 39.6 Å². The highest BCUT2D eigenvalue weighted by atomic mass is 79.9. The molecule has 2 aromatic heterocycles. The lowest BCUT2D eigenvalue weighted by Gasteiger charge is -2.14. The van der Waals surface area contributed by atoms with Gasteiger partial charge in [-0.1, -0.05) is 41.4 Å². The van der Waals surface area contributed by atoms with Gasteiger partial charge in [0.25, 0.3) is 31.4 Å². The van der Waals surface area contributed by atoms with Crippen molar-refractivity contribution in [2.75, 3.05) is 30.7 Å². The number of pyridine rings is 2. The molecule has 0 saturated carbocycles. The molecule has 6 N–H and O–H groups in total. The Balaban J connectivity index is 0.000000231. The van der Waals surface area contributed by atoms with Gasteiger partial charge < -0.3 is 21.3 Å². The number of hydrogen-bond acceptors (Lipinski definition) is 12. The number of hydrogen-bond donors (Lipinski definition) is 6. The zero-order valence-electron chi connectivity index (χ0n) is 30.4. The van der Waals surface area contributed by atoms with Gasteiger partial charge in [-0.15, -0.1) is 0 Å². The molecule has 0 atom stereocenters. The van der Waals surface area contributed by atoms with Crippen molar-refractivity contribution in [1.29, 1.82) is 0 Å². The number of benzene rings is 4. The van der Waals surface area contributed by atoms with E-state index < -0.39 is 42.0 Å². The van der Waals surface area contributed by atoms with Crippen LogP contribution in [0.15, 0.2) is 142 Å². The SMILES string of the molecule is O=C(Nc1ccc([N+](=O)[O-])cc1NS(=O)(=O)c1cccnc1)Nc1cccc(Cl)c1Cl.O=C(Nc1ccccc1Br)Nc1ccc([N+](=O)[O-])cc1NS(=O)(=O)c1cccnc1. The summed E-state index contributed by atoms with van der Waals surface area (Å²) in [7, 11) is -8.22. The van der Waals surface area contributed by atoms with Gasteiger partial charge in [-0.05, 0) is 76.6 Å². The van der Waals surface area contributed by atoms with E-state index in [1.165, 1.54) is 60.9 Å². The maximum Gasteiger partial charge on any atom is 0.323 e. The molecule has 4 amide bonds. The molecule has 0 spiro atoms. The van der Waals surface area contributed by atoms with E-state index in [2.05, 4.69) is 56.6 Å². The smallest absolute Gasteiger partial charge is 0.307 e. The number of nitrogens with one attached hydrogen (secondary N) is 6. The summed E-state index contributed by atoms with van der Waals surface area (Å²) in [5.41, 5.74) is -0.434. The second kappa shape index (κ2) is 19.9. The fourth-order valence-corrected chi connectivity index (χ4v) is 7.61. The van der Waals surface area contributed by atoms with Crippen LogP contribution in [0.1, 0.15) is 0 Å². The molecule has 25 heteroatoms. The number of sulfonamides is 2. The van der Waals surface area contributed by atoms with Gasteiger partial charge in [0.15, 0.2) is 0 Å². The van der Waals surface area contributed by atoms with Gasteiger partial charge in [0.1, 0.15) is 9.79 Å². The first-order valence-corrected chi connectivity index (χ1v) is 21.2. The maximum absolute atomic E-state index is 12.6. The predicted octanol–water partition coefficient (Wildman–Crippen LogP) is 8.94. The third-order valence-corrected chi connectivity index (χ3v) is 11.8. The summed E-state index contributed by atoms with van der Waals surface area (Å²) in [6, 6.07) is 22.2. The number of non-ortho nitro benzene ring substituents is 2. The zero-order chi connectivity index (χ0) is 44.3. The molecule has 6 rings (SSSR count). The van der Waals surface area contributed by atoms with E-state index in [1.54, 1.807) is 30.3 Å². The third-order valence-electron chi connectivity index (χ3n) is 7.62. The van der Waals surface area contributed by atoms with E-state index >= 15 is 0 Å². The molecule has 0 fully saturated rings. The number of carbonyl (C=O) groups is 2. The molecular formula is C36H27BrCl2N10O10S2. The highest BCUT2D eigenvalue weighted by Gasteiger charge is 2.22. The van der Waals surface area contributed by atoms with Crippen molar-refractivity contribution in [3.8, 4) is 0 Å². The van der Waals surface area contributed by atoms with Crippen molar-refractivity contribution < 1.29 is 36.3 Å². The molecule has 0 unspecified atom stereocenters. The standard InChI is InChI=1S/C18H14BrN5O5S.C18H13Cl2N5O5S/c19-14-5-1-2-6-15(14)21-18(25)22-16-8-7-12(24(26)27)10-17(16)23-30(28,29)13-4-3-9-20-11-13;19-13-4-1-5-15(17(13)20)23-18(26)22-14-7-6-11(25(27)28)9-16(14)24-31(29,30)12-3-2-8-21-10-12/h1-11,23H,(H2,21,22,25);1-10,24H,(H2,22,23,26). The summed E-state index contributed by atoms with van der Waals surface area (Å²) >= 11 is 15.2. The molecular weight excluding hydrogens is 947 g/mol. The number of amides is 4. The van der Waals surface area contributed by atoms with Crippen LogP contribution in [0.25, 0.3) is 0 Å². The fourth-order valence-electron chi connectivity index (χ4n) is 4.81. The van der Waals surface area contributed by atoms with Crippen LogP contribution in [0.5, 0.6) is 0 Å². The number of para-hydroxylation sites is 1. The molecule has 61 heavy (non-hydrogen) atoms. The topological polar surface area (TPSA) is 287 Å². The van der Waals surface area contributed by atoms with Crippen LogP contribution < -0.4 is 30.7 Å². The Morgan fingerprint density at radius 2 is 1.00 bits per heavy atom. The number of nitro benzene ring substituents is 2. The lowest BCUT2D eigenvalue weighted by atomic mass is 10.2. The Morgan fingerprint density at radius 1 is 0.557 bits per heavy atom.